The van der Waals surface area contributed by atoms with Gasteiger partial charge in [0.05, 0.1) is 40.1 Å². The third-order valence-electron chi connectivity index (χ3n) is 9.15. The minimum atomic E-state index is -1.19. The quantitative estimate of drug-likeness (QED) is 0.266. The summed E-state index contributed by atoms with van der Waals surface area (Å²) >= 11 is 0. The Morgan fingerprint density at radius 3 is 2.83 bits per heavy atom. The van der Waals surface area contributed by atoms with Gasteiger partial charge >= 0.3 is 0 Å². The van der Waals surface area contributed by atoms with E-state index in [4.69, 9.17) is 9.97 Å². The SMILES string of the molecule is C[C@H]1NC(=O)c2ncccc2CCCCCn2c(-c3nc4cc(C(=O)N[C@H]5CNCC[C@@H]5F)c(F)cc4n3C)cc3ccc1nc32. The van der Waals surface area contributed by atoms with E-state index in [0.29, 0.717) is 54.3 Å². The lowest BCUT2D eigenvalue weighted by atomic mass is 10.0. The van der Waals surface area contributed by atoms with E-state index < -0.39 is 23.9 Å². The predicted octanol–water partition coefficient (Wildman–Crippen LogP) is 4.77. The highest BCUT2D eigenvalue weighted by molar-refractivity contribution is 5.98. The van der Waals surface area contributed by atoms with Gasteiger partial charge < -0.3 is 25.1 Å². The summed E-state index contributed by atoms with van der Waals surface area (Å²) in [5, 5.41) is 9.69. The van der Waals surface area contributed by atoms with Crippen molar-refractivity contribution >= 4 is 33.9 Å². The maximum Gasteiger partial charge on any atom is 0.270 e. The van der Waals surface area contributed by atoms with Crippen LogP contribution in [0.1, 0.15) is 70.8 Å². The highest BCUT2D eigenvalue weighted by Crippen LogP contribution is 2.32. The molecule has 238 valence electrons. The Kier molecular flexibility index (Phi) is 7.97. The number of aryl methyl sites for hydroxylation is 3. The van der Waals surface area contributed by atoms with Crippen LogP contribution < -0.4 is 16.0 Å². The molecule has 3 atom stereocenters. The minimum Gasteiger partial charge on any atom is -0.345 e. The van der Waals surface area contributed by atoms with Crippen molar-refractivity contribution < 1.29 is 18.4 Å². The summed E-state index contributed by atoms with van der Waals surface area (Å²) in [6.45, 7) is 3.42. The summed E-state index contributed by atoms with van der Waals surface area (Å²) in [4.78, 5) is 40.5. The van der Waals surface area contributed by atoms with E-state index in [1.165, 1.54) is 12.1 Å². The van der Waals surface area contributed by atoms with E-state index in [1.807, 2.05) is 48.9 Å². The number of hydrogen-bond acceptors (Lipinski definition) is 6. The first-order chi connectivity index (χ1) is 22.3. The van der Waals surface area contributed by atoms with Crippen LogP contribution in [0.25, 0.3) is 33.6 Å². The Morgan fingerprint density at radius 2 is 1.98 bits per heavy atom. The largest absolute Gasteiger partial charge is 0.345 e. The molecule has 0 unspecified atom stereocenters. The lowest BCUT2D eigenvalue weighted by molar-refractivity contribution is 0.0887. The average molecular weight is 627 g/mol. The van der Waals surface area contributed by atoms with Gasteiger partial charge in [0.15, 0.2) is 5.82 Å². The average Bonchev–Trinajstić information content (AvgIpc) is 3.57. The molecule has 5 aromatic rings. The Balaban J connectivity index is 1.26. The van der Waals surface area contributed by atoms with Gasteiger partial charge in [-0.15, -0.1) is 0 Å². The molecule has 7 rings (SSSR count). The normalized spacial score (nSPS) is 20.8. The van der Waals surface area contributed by atoms with Crippen LogP contribution in [0.5, 0.6) is 0 Å². The number of nitrogens with one attached hydrogen (secondary N) is 3. The molecule has 3 N–H and O–H groups in total. The van der Waals surface area contributed by atoms with Crippen molar-refractivity contribution in [1.82, 2.24) is 40.0 Å². The fourth-order valence-corrected chi connectivity index (χ4v) is 6.57. The lowest BCUT2D eigenvalue weighted by Crippen LogP contribution is -2.52. The highest BCUT2D eigenvalue weighted by atomic mass is 19.1. The van der Waals surface area contributed by atoms with Gasteiger partial charge in [-0.05, 0) is 75.0 Å². The van der Waals surface area contributed by atoms with Gasteiger partial charge in [-0.2, -0.15) is 0 Å². The molecule has 0 saturated carbocycles. The minimum absolute atomic E-state index is 0.170. The van der Waals surface area contributed by atoms with Crippen LogP contribution in [0.4, 0.5) is 8.78 Å². The third-order valence-corrected chi connectivity index (χ3v) is 9.15. The van der Waals surface area contributed by atoms with Gasteiger partial charge in [0, 0.05) is 37.8 Å². The Bertz CT molecular complexity index is 1970. The van der Waals surface area contributed by atoms with Gasteiger partial charge in [0.25, 0.3) is 11.8 Å². The molecule has 4 aromatic heterocycles. The van der Waals surface area contributed by atoms with E-state index in [0.717, 1.165) is 48.0 Å². The second kappa shape index (κ2) is 12.2. The Hall–Kier alpha value is -4.71. The molecule has 2 aliphatic rings. The van der Waals surface area contributed by atoms with Gasteiger partial charge in [-0.3, -0.25) is 14.6 Å². The summed E-state index contributed by atoms with van der Waals surface area (Å²) < 4.78 is 33.7. The van der Waals surface area contributed by atoms with Gasteiger partial charge in [-0.1, -0.05) is 12.5 Å². The summed E-state index contributed by atoms with van der Waals surface area (Å²) in [6.07, 6.45) is 4.18. The molecule has 0 radical (unpaired) electrons. The van der Waals surface area contributed by atoms with Crippen LogP contribution >= 0.6 is 0 Å². The number of rotatable bonds is 3. The number of nitrogens with zero attached hydrogens (tertiary/aromatic N) is 5. The van der Waals surface area contributed by atoms with Crippen molar-refractivity contribution in [1.29, 1.82) is 0 Å². The number of imidazole rings is 1. The molecule has 1 saturated heterocycles. The van der Waals surface area contributed by atoms with E-state index in [2.05, 4.69) is 25.5 Å². The first-order valence-electron chi connectivity index (χ1n) is 15.9. The number of piperidine rings is 1. The Morgan fingerprint density at radius 1 is 1.11 bits per heavy atom. The van der Waals surface area contributed by atoms with Crippen LogP contribution in [0.3, 0.4) is 0 Å². The molecule has 0 spiro atoms. The monoisotopic (exact) mass is 626 g/mol. The number of fused-ring (bicyclic) bond motifs is 3. The first kappa shape index (κ1) is 30.0. The van der Waals surface area contributed by atoms with Crippen molar-refractivity contribution in [2.45, 2.75) is 63.8 Å². The fraction of sp³-hybridized carbons (Fsp3) is 0.382. The van der Waals surface area contributed by atoms with E-state index in [-0.39, 0.29) is 17.5 Å². The number of halogens is 2. The standard InChI is InChI=1S/C34H36F2N8O2/c1-19-25-10-9-21-15-29(44(31(21)40-25)14-5-3-4-7-20-8-6-12-38-30(20)34(46)39-19)32-41-26-16-22(24(36)17-28(26)43(32)2)33(45)42-27-18-37-13-11-23(27)35/h6,8-10,12,15-17,19,23,27,37H,3-5,7,11,13-14,18H2,1-2H3,(H,39,46)(H,42,45)/t19-,23+,27+/m1/s1. The van der Waals surface area contributed by atoms with Crippen molar-refractivity contribution in [2.75, 3.05) is 13.1 Å². The van der Waals surface area contributed by atoms with Gasteiger partial charge in [0.2, 0.25) is 0 Å². The fourth-order valence-electron chi connectivity index (χ4n) is 6.57. The summed E-state index contributed by atoms with van der Waals surface area (Å²) in [5.74, 6) is -0.978. The smallest absolute Gasteiger partial charge is 0.270 e. The molecular formula is C34H36F2N8O2. The van der Waals surface area contributed by atoms with E-state index in [1.54, 1.807) is 6.20 Å². The maximum absolute atomic E-state index is 15.3. The molecule has 2 aliphatic heterocycles. The summed E-state index contributed by atoms with van der Waals surface area (Å²) in [6, 6.07) is 11.4. The zero-order valence-corrected chi connectivity index (χ0v) is 25.8. The number of carbonyl (C=O) groups excluding carboxylic acids is 2. The molecule has 12 heteroatoms. The summed E-state index contributed by atoms with van der Waals surface area (Å²) in [7, 11) is 1.82. The van der Waals surface area contributed by atoms with Crippen LogP contribution in [0.2, 0.25) is 0 Å². The van der Waals surface area contributed by atoms with Crippen molar-refractivity contribution in [3.63, 3.8) is 0 Å². The molecule has 1 fully saturated rings. The number of aromatic nitrogens is 5. The third kappa shape index (κ3) is 5.51. The molecule has 2 bridgehead atoms. The number of amides is 2. The molecule has 2 amide bonds. The van der Waals surface area contributed by atoms with Crippen LogP contribution in [-0.2, 0) is 20.0 Å². The molecule has 46 heavy (non-hydrogen) atoms. The van der Waals surface area contributed by atoms with Crippen molar-refractivity contribution in [3.8, 4) is 11.5 Å². The van der Waals surface area contributed by atoms with Crippen LogP contribution in [-0.4, -0.2) is 61.2 Å². The van der Waals surface area contributed by atoms with E-state index in [9.17, 15) is 14.0 Å². The molecule has 1 aromatic carbocycles. The van der Waals surface area contributed by atoms with Crippen LogP contribution in [0, 0.1) is 5.82 Å². The van der Waals surface area contributed by atoms with Crippen molar-refractivity contribution in [2.24, 2.45) is 7.05 Å². The van der Waals surface area contributed by atoms with Gasteiger partial charge in [0.1, 0.15) is 23.3 Å². The lowest BCUT2D eigenvalue weighted by Gasteiger charge is -2.27. The van der Waals surface area contributed by atoms with Crippen molar-refractivity contribution in [3.05, 3.63) is 77.0 Å². The zero-order valence-electron chi connectivity index (χ0n) is 25.8. The predicted molar refractivity (Wildman–Crippen MR) is 171 cm³/mol. The number of benzene rings is 1. The number of pyridine rings is 2. The highest BCUT2D eigenvalue weighted by Gasteiger charge is 2.28. The second-order valence-corrected chi connectivity index (χ2v) is 12.3. The second-order valence-electron chi connectivity index (χ2n) is 12.3. The van der Waals surface area contributed by atoms with E-state index >= 15 is 4.39 Å². The number of carbonyl (C=O) groups is 2. The number of hydrogen-bond donors (Lipinski definition) is 3. The van der Waals surface area contributed by atoms with Gasteiger partial charge in [-0.25, -0.2) is 18.7 Å². The topological polar surface area (TPSA) is 119 Å². The number of alkyl halides is 1. The first-order valence-corrected chi connectivity index (χ1v) is 15.9. The van der Waals surface area contributed by atoms with Crippen LogP contribution in [0.15, 0.2) is 48.7 Å². The molecular weight excluding hydrogens is 590 g/mol. The Labute approximate surface area is 264 Å². The maximum atomic E-state index is 15.3. The molecule has 10 nitrogen and oxygen atoms in total. The summed E-state index contributed by atoms with van der Waals surface area (Å²) in [5.41, 5.74) is 4.50. The molecule has 0 aliphatic carbocycles. The zero-order chi connectivity index (χ0) is 31.9. The molecule has 6 heterocycles.